The Morgan fingerprint density at radius 2 is 2.09 bits per heavy atom. The van der Waals surface area contributed by atoms with Crippen molar-refractivity contribution >= 4 is 5.97 Å². The molecule has 1 aliphatic rings. The van der Waals surface area contributed by atoms with Crippen LogP contribution in [0.4, 0.5) is 0 Å². The number of hydrogen-bond donors (Lipinski definition) is 1. The Labute approximate surface area is 189 Å². The molecule has 0 saturated carbocycles. The summed E-state index contributed by atoms with van der Waals surface area (Å²) in [4.78, 5) is 15.0. The minimum atomic E-state index is -0.796. The van der Waals surface area contributed by atoms with E-state index < -0.39 is 12.3 Å². The molecule has 3 atom stereocenters. The maximum Gasteiger partial charge on any atom is 0.303 e. The average molecular weight is 435 g/mol. The number of nitriles is 1. The maximum atomic E-state index is 10.7. The van der Waals surface area contributed by atoms with E-state index >= 15 is 0 Å². The number of pyridine rings is 1. The Balaban J connectivity index is 1.74. The van der Waals surface area contributed by atoms with Crippen molar-refractivity contribution in [1.29, 1.82) is 5.26 Å². The summed E-state index contributed by atoms with van der Waals surface area (Å²) in [5.41, 5.74) is 2.30. The SMILES string of the molecule is CC(C)(Cc1ccccc1C#N)[C@@H]1OC[C@H](C/C=C\CCC(=O)O)[C@H](c2cccnc2)O1. The Hall–Kier alpha value is -3.01. The van der Waals surface area contributed by atoms with E-state index in [-0.39, 0.29) is 23.9 Å². The molecule has 2 heterocycles. The fourth-order valence-electron chi connectivity index (χ4n) is 4.03. The summed E-state index contributed by atoms with van der Waals surface area (Å²) in [6.45, 7) is 4.72. The second-order valence-electron chi connectivity index (χ2n) is 8.84. The van der Waals surface area contributed by atoms with Crippen LogP contribution in [0.3, 0.4) is 0 Å². The number of allylic oxidation sites excluding steroid dienone is 2. The van der Waals surface area contributed by atoms with Gasteiger partial charge in [-0.25, -0.2) is 0 Å². The minimum Gasteiger partial charge on any atom is -0.481 e. The van der Waals surface area contributed by atoms with Crippen LogP contribution in [-0.2, 0) is 20.7 Å². The van der Waals surface area contributed by atoms with E-state index in [1.165, 1.54) is 0 Å². The molecular weight excluding hydrogens is 404 g/mol. The molecule has 0 aliphatic carbocycles. The van der Waals surface area contributed by atoms with Gasteiger partial charge in [0.1, 0.15) is 0 Å². The van der Waals surface area contributed by atoms with Crippen molar-refractivity contribution in [2.75, 3.05) is 6.61 Å². The molecule has 2 aromatic rings. The first-order valence-electron chi connectivity index (χ1n) is 10.9. The van der Waals surface area contributed by atoms with Crippen LogP contribution in [0.1, 0.15) is 55.9 Å². The molecule has 1 aliphatic heterocycles. The number of ether oxygens (including phenoxy) is 2. The maximum absolute atomic E-state index is 10.7. The average Bonchev–Trinajstić information content (AvgIpc) is 2.79. The van der Waals surface area contributed by atoms with E-state index in [0.29, 0.717) is 25.0 Å². The number of nitrogens with zero attached hydrogens (tertiary/aromatic N) is 2. The van der Waals surface area contributed by atoms with E-state index in [9.17, 15) is 10.1 Å². The molecule has 0 amide bonds. The third kappa shape index (κ3) is 6.25. The third-order valence-electron chi connectivity index (χ3n) is 5.73. The lowest BCUT2D eigenvalue weighted by Crippen LogP contribution is -2.44. The van der Waals surface area contributed by atoms with Gasteiger partial charge in [0.05, 0.1) is 24.3 Å². The second-order valence-corrected chi connectivity index (χ2v) is 8.84. The van der Waals surface area contributed by atoms with Crippen LogP contribution >= 0.6 is 0 Å². The van der Waals surface area contributed by atoms with E-state index in [4.69, 9.17) is 14.6 Å². The highest BCUT2D eigenvalue weighted by Gasteiger charge is 2.40. The Bertz CT molecular complexity index is 965. The monoisotopic (exact) mass is 434 g/mol. The van der Waals surface area contributed by atoms with Crippen LogP contribution in [0, 0.1) is 22.7 Å². The molecule has 0 spiro atoms. The summed E-state index contributed by atoms with van der Waals surface area (Å²) in [5, 5.41) is 18.2. The van der Waals surface area contributed by atoms with Crippen LogP contribution < -0.4 is 0 Å². The summed E-state index contributed by atoms with van der Waals surface area (Å²) in [5.74, 6) is -0.700. The van der Waals surface area contributed by atoms with Crippen molar-refractivity contribution < 1.29 is 19.4 Å². The van der Waals surface area contributed by atoms with Crippen molar-refractivity contribution in [3.8, 4) is 6.07 Å². The predicted octanol–water partition coefficient (Wildman–Crippen LogP) is 5.06. The highest BCUT2D eigenvalue weighted by Crippen LogP contribution is 2.41. The van der Waals surface area contributed by atoms with Crippen LogP contribution in [0.25, 0.3) is 0 Å². The molecule has 0 bridgehead atoms. The van der Waals surface area contributed by atoms with Gasteiger partial charge in [0.25, 0.3) is 0 Å². The van der Waals surface area contributed by atoms with Gasteiger partial charge in [-0.15, -0.1) is 0 Å². The van der Waals surface area contributed by atoms with Crippen molar-refractivity contribution in [3.63, 3.8) is 0 Å². The molecule has 1 fully saturated rings. The van der Waals surface area contributed by atoms with Crippen LogP contribution in [-0.4, -0.2) is 29.0 Å². The van der Waals surface area contributed by atoms with Gasteiger partial charge in [0, 0.05) is 30.1 Å². The van der Waals surface area contributed by atoms with Gasteiger partial charge in [-0.2, -0.15) is 5.26 Å². The van der Waals surface area contributed by atoms with Crippen molar-refractivity contribution in [2.24, 2.45) is 11.3 Å². The molecule has 1 saturated heterocycles. The molecule has 1 aromatic carbocycles. The number of rotatable bonds is 9. The highest BCUT2D eigenvalue weighted by atomic mass is 16.7. The van der Waals surface area contributed by atoms with E-state index in [2.05, 4.69) is 24.9 Å². The lowest BCUT2D eigenvalue weighted by atomic mass is 9.82. The van der Waals surface area contributed by atoms with E-state index in [0.717, 1.165) is 17.5 Å². The number of hydrogen-bond acceptors (Lipinski definition) is 5. The molecule has 6 heteroatoms. The largest absolute Gasteiger partial charge is 0.481 e. The molecule has 3 rings (SSSR count). The molecule has 32 heavy (non-hydrogen) atoms. The fourth-order valence-corrected chi connectivity index (χ4v) is 4.03. The zero-order chi connectivity index (χ0) is 23.0. The first-order valence-corrected chi connectivity index (χ1v) is 10.9. The lowest BCUT2D eigenvalue weighted by Gasteiger charge is -2.43. The Kier molecular flexibility index (Phi) is 8.15. The summed E-state index contributed by atoms with van der Waals surface area (Å²) < 4.78 is 12.7. The van der Waals surface area contributed by atoms with Crippen molar-refractivity contribution in [1.82, 2.24) is 4.98 Å². The molecule has 168 valence electrons. The van der Waals surface area contributed by atoms with Gasteiger partial charge in [-0.1, -0.05) is 50.3 Å². The smallest absolute Gasteiger partial charge is 0.303 e. The minimum absolute atomic E-state index is 0.0960. The fraction of sp³-hybridized carbons (Fsp3) is 0.423. The molecule has 0 radical (unpaired) electrons. The van der Waals surface area contributed by atoms with Crippen molar-refractivity contribution in [3.05, 3.63) is 77.6 Å². The van der Waals surface area contributed by atoms with Gasteiger partial charge in [0.2, 0.25) is 0 Å². The van der Waals surface area contributed by atoms with Crippen LogP contribution in [0.5, 0.6) is 0 Å². The number of carboxylic acid groups (broad SMARTS) is 1. The predicted molar refractivity (Wildman–Crippen MR) is 121 cm³/mol. The molecule has 6 nitrogen and oxygen atoms in total. The van der Waals surface area contributed by atoms with Gasteiger partial charge in [-0.05, 0) is 42.5 Å². The number of aromatic nitrogens is 1. The normalized spacial score (nSPS) is 21.3. The molecular formula is C26H30N2O4. The Morgan fingerprint density at radius 3 is 2.81 bits per heavy atom. The summed E-state index contributed by atoms with van der Waals surface area (Å²) in [6.07, 6.45) is 8.88. The number of carboxylic acids is 1. The topological polar surface area (TPSA) is 92.4 Å². The number of aliphatic carboxylic acids is 1. The van der Waals surface area contributed by atoms with Crippen molar-refractivity contribution in [2.45, 2.75) is 51.9 Å². The summed E-state index contributed by atoms with van der Waals surface area (Å²) >= 11 is 0. The molecule has 0 unspecified atom stereocenters. The quantitative estimate of drug-likeness (QED) is 0.554. The standard InChI is InChI=1S/C26H30N2O4/c1-26(2,15-19-9-6-7-10-20(19)16-27)25-31-18-22(11-4-3-5-13-23(29)30)24(32-25)21-12-8-14-28-17-21/h3-4,6-10,12,14,17,22,24-25H,5,11,13,15,18H2,1-2H3,(H,29,30)/b4-3-/t22-,24-,25+/m0/s1. The van der Waals surface area contributed by atoms with Gasteiger partial charge in [0.15, 0.2) is 6.29 Å². The second kappa shape index (κ2) is 11.0. The zero-order valence-electron chi connectivity index (χ0n) is 18.6. The highest BCUT2D eigenvalue weighted by molar-refractivity contribution is 5.66. The van der Waals surface area contributed by atoms with Crippen LogP contribution in [0.2, 0.25) is 0 Å². The van der Waals surface area contributed by atoms with Crippen LogP contribution in [0.15, 0.2) is 60.9 Å². The first kappa shape index (κ1) is 23.6. The zero-order valence-corrected chi connectivity index (χ0v) is 18.6. The van der Waals surface area contributed by atoms with Gasteiger partial charge in [-0.3, -0.25) is 9.78 Å². The number of benzene rings is 1. The van der Waals surface area contributed by atoms with E-state index in [1.54, 1.807) is 6.20 Å². The number of carbonyl (C=O) groups is 1. The van der Waals surface area contributed by atoms with Gasteiger partial charge >= 0.3 is 5.97 Å². The molecule has 1 aromatic heterocycles. The van der Waals surface area contributed by atoms with Gasteiger partial charge < -0.3 is 14.6 Å². The first-order chi connectivity index (χ1) is 15.4. The molecule has 1 N–H and O–H groups in total. The summed E-state index contributed by atoms with van der Waals surface area (Å²) in [7, 11) is 0. The lowest BCUT2D eigenvalue weighted by molar-refractivity contribution is -0.278. The summed E-state index contributed by atoms with van der Waals surface area (Å²) in [6, 6.07) is 13.8. The third-order valence-corrected chi connectivity index (χ3v) is 5.73. The van der Waals surface area contributed by atoms with E-state index in [1.807, 2.05) is 54.7 Å². The Morgan fingerprint density at radius 1 is 1.28 bits per heavy atom.